The summed E-state index contributed by atoms with van der Waals surface area (Å²) in [6, 6.07) is 13.8. The van der Waals surface area contributed by atoms with Gasteiger partial charge in [-0.05, 0) is 29.8 Å². The van der Waals surface area contributed by atoms with Gasteiger partial charge in [0.05, 0.1) is 11.8 Å². The summed E-state index contributed by atoms with van der Waals surface area (Å²) in [7, 11) is 0. The lowest BCUT2D eigenvalue weighted by Gasteiger charge is -2.35. The fourth-order valence-electron chi connectivity index (χ4n) is 3.74. The van der Waals surface area contributed by atoms with E-state index >= 15 is 0 Å². The van der Waals surface area contributed by atoms with Crippen LogP contribution in [0.25, 0.3) is 17.0 Å². The third kappa shape index (κ3) is 5.58. The summed E-state index contributed by atoms with van der Waals surface area (Å²) in [5.74, 6) is 0.447. The second-order valence-corrected chi connectivity index (χ2v) is 7.54. The number of rotatable bonds is 7. The molecule has 7 heteroatoms. The van der Waals surface area contributed by atoms with Crippen LogP contribution >= 0.6 is 0 Å². The van der Waals surface area contributed by atoms with E-state index in [2.05, 4.69) is 39.5 Å². The molecule has 1 aromatic carbocycles. The number of para-hydroxylation sites is 1. The van der Waals surface area contributed by atoms with Gasteiger partial charge in [0.15, 0.2) is 0 Å². The van der Waals surface area contributed by atoms with Gasteiger partial charge in [-0.25, -0.2) is 0 Å². The average molecular weight is 418 g/mol. The molecule has 1 N–H and O–H groups in total. The SMILES string of the molecule is O=C(/C=C/c1ccco1)NCCC(=O)N1CCN(Cc2cccc3cccnc23)CC1. The van der Waals surface area contributed by atoms with Gasteiger partial charge in [0.25, 0.3) is 0 Å². The number of carbonyl (C=O) groups excluding carboxylic acids is 2. The van der Waals surface area contributed by atoms with Crippen LogP contribution < -0.4 is 5.32 Å². The number of fused-ring (bicyclic) bond motifs is 1. The van der Waals surface area contributed by atoms with E-state index in [0.29, 0.717) is 31.8 Å². The van der Waals surface area contributed by atoms with Crippen molar-refractivity contribution in [1.82, 2.24) is 20.1 Å². The van der Waals surface area contributed by atoms with Crippen LogP contribution in [0.3, 0.4) is 0 Å². The number of nitrogens with zero attached hydrogens (tertiary/aromatic N) is 3. The molecule has 3 heterocycles. The van der Waals surface area contributed by atoms with Crippen LogP contribution in [-0.2, 0) is 16.1 Å². The molecule has 1 saturated heterocycles. The Morgan fingerprint density at radius 3 is 2.71 bits per heavy atom. The minimum absolute atomic E-state index is 0.0711. The monoisotopic (exact) mass is 418 g/mol. The molecule has 0 unspecified atom stereocenters. The number of pyridine rings is 1. The van der Waals surface area contributed by atoms with Crippen molar-refractivity contribution in [2.45, 2.75) is 13.0 Å². The maximum atomic E-state index is 12.5. The third-order valence-electron chi connectivity index (χ3n) is 5.42. The molecule has 2 aromatic heterocycles. The van der Waals surface area contributed by atoms with Crippen molar-refractivity contribution in [3.63, 3.8) is 0 Å². The van der Waals surface area contributed by atoms with E-state index in [1.54, 1.807) is 24.5 Å². The van der Waals surface area contributed by atoms with Crippen molar-refractivity contribution in [3.8, 4) is 0 Å². The number of piperazine rings is 1. The highest BCUT2D eigenvalue weighted by Crippen LogP contribution is 2.18. The largest absolute Gasteiger partial charge is 0.465 e. The zero-order valence-corrected chi connectivity index (χ0v) is 17.4. The minimum Gasteiger partial charge on any atom is -0.465 e. The topological polar surface area (TPSA) is 78.7 Å². The molecule has 1 fully saturated rings. The Bertz CT molecular complexity index is 1050. The van der Waals surface area contributed by atoms with Crippen molar-refractivity contribution < 1.29 is 14.0 Å². The summed E-state index contributed by atoms with van der Waals surface area (Å²) in [6.07, 6.45) is 6.68. The number of aromatic nitrogens is 1. The van der Waals surface area contributed by atoms with Crippen molar-refractivity contribution >= 4 is 28.8 Å². The predicted molar refractivity (Wildman–Crippen MR) is 119 cm³/mol. The summed E-state index contributed by atoms with van der Waals surface area (Å²) < 4.78 is 5.14. The van der Waals surface area contributed by atoms with Crippen LogP contribution in [0.15, 0.2) is 65.4 Å². The quantitative estimate of drug-likeness (QED) is 0.597. The van der Waals surface area contributed by atoms with E-state index in [4.69, 9.17) is 4.42 Å². The maximum absolute atomic E-state index is 12.5. The van der Waals surface area contributed by atoms with E-state index in [-0.39, 0.29) is 11.8 Å². The standard InChI is InChI=1S/C24H26N4O3/c29-22(9-8-21-7-3-17-31-21)25-12-10-23(30)28-15-13-27(14-16-28)18-20-5-1-4-19-6-2-11-26-24(19)20/h1-9,11,17H,10,12-16,18H2,(H,25,29)/b9-8+. The predicted octanol–water partition coefficient (Wildman–Crippen LogP) is 2.69. The normalized spacial score (nSPS) is 14.9. The fourth-order valence-corrected chi connectivity index (χ4v) is 3.74. The number of hydrogen-bond donors (Lipinski definition) is 1. The van der Waals surface area contributed by atoms with Gasteiger partial charge in [-0.15, -0.1) is 0 Å². The molecule has 160 valence electrons. The van der Waals surface area contributed by atoms with Gasteiger partial charge in [-0.1, -0.05) is 24.3 Å². The van der Waals surface area contributed by atoms with Crippen molar-refractivity contribution in [2.24, 2.45) is 0 Å². The van der Waals surface area contributed by atoms with Gasteiger partial charge >= 0.3 is 0 Å². The summed E-state index contributed by atoms with van der Waals surface area (Å²) in [4.78, 5) is 33.1. The van der Waals surface area contributed by atoms with Gasteiger partial charge in [-0.2, -0.15) is 0 Å². The van der Waals surface area contributed by atoms with Crippen LogP contribution in [0.5, 0.6) is 0 Å². The summed E-state index contributed by atoms with van der Waals surface area (Å²) in [6.45, 7) is 4.20. The van der Waals surface area contributed by atoms with Crippen LogP contribution in [-0.4, -0.2) is 59.3 Å². The Labute approximate surface area is 181 Å². The van der Waals surface area contributed by atoms with E-state index in [1.165, 1.54) is 11.6 Å². The van der Waals surface area contributed by atoms with E-state index in [9.17, 15) is 9.59 Å². The zero-order chi connectivity index (χ0) is 21.5. The first-order valence-corrected chi connectivity index (χ1v) is 10.5. The fraction of sp³-hybridized carbons (Fsp3) is 0.292. The number of benzene rings is 1. The average Bonchev–Trinajstić information content (AvgIpc) is 3.32. The van der Waals surface area contributed by atoms with Gasteiger partial charge in [0.2, 0.25) is 11.8 Å². The van der Waals surface area contributed by atoms with Crippen molar-refractivity contribution in [3.05, 3.63) is 72.3 Å². The number of furan rings is 1. The van der Waals surface area contributed by atoms with Gasteiger partial charge in [-0.3, -0.25) is 19.5 Å². The van der Waals surface area contributed by atoms with Gasteiger partial charge < -0.3 is 14.6 Å². The maximum Gasteiger partial charge on any atom is 0.244 e. The second kappa shape index (κ2) is 10.0. The van der Waals surface area contributed by atoms with E-state index < -0.39 is 0 Å². The molecule has 31 heavy (non-hydrogen) atoms. The lowest BCUT2D eigenvalue weighted by Crippen LogP contribution is -2.48. The molecule has 0 aliphatic carbocycles. The number of carbonyl (C=O) groups is 2. The first-order chi connectivity index (χ1) is 15.2. The Hall–Kier alpha value is -3.45. The number of nitrogens with one attached hydrogen (secondary N) is 1. The summed E-state index contributed by atoms with van der Waals surface area (Å²) >= 11 is 0. The summed E-state index contributed by atoms with van der Waals surface area (Å²) in [5, 5.41) is 3.89. The smallest absolute Gasteiger partial charge is 0.244 e. The van der Waals surface area contributed by atoms with Crippen molar-refractivity contribution in [1.29, 1.82) is 0 Å². The lowest BCUT2D eigenvalue weighted by molar-refractivity contribution is -0.132. The molecule has 2 amide bonds. The van der Waals surface area contributed by atoms with Crippen molar-refractivity contribution in [2.75, 3.05) is 32.7 Å². The molecule has 0 spiro atoms. The molecule has 0 atom stereocenters. The molecule has 1 aliphatic rings. The Morgan fingerprint density at radius 2 is 1.90 bits per heavy atom. The van der Waals surface area contributed by atoms with E-state index in [0.717, 1.165) is 30.5 Å². The molecule has 0 saturated carbocycles. The molecule has 3 aromatic rings. The Balaban J connectivity index is 1.19. The van der Waals surface area contributed by atoms with Crippen LogP contribution in [0.4, 0.5) is 0 Å². The highest BCUT2D eigenvalue weighted by atomic mass is 16.3. The van der Waals surface area contributed by atoms with Gasteiger partial charge in [0.1, 0.15) is 5.76 Å². The highest BCUT2D eigenvalue weighted by molar-refractivity contribution is 5.91. The molecular weight excluding hydrogens is 392 g/mol. The lowest BCUT2D eigenvalue weighted by atomic mass is 10.1. The van der Waals surface area contributed by atoms with Crippen LogP contribution in [0, 0.1) is 0 Å². The molecule has 0 radical (unpaired) electrons. The number of hydrogen-bond acceptors (Lipinski definition) is 5. The third-order valence-corrected chi connectivity index (χ3v) is 5.42. The van der Waals surface area contributed by atoms with Gasteiger partial charge in [0, 0.05) is 63.3 Å². The molecular formula is C24H26N4O3. The number of amides is 2. The Morgan fingerprint density at radius 1 is 1.06 bits per heavy atom. The molecule has 7 nitrogen and oxygen atoms in total. The Kier molecular flexibility index (Phi) is 6.74. The minimum atomic E-state index is -0.238. The second-order valence-electron chi connectivity index (χ2n) is 7.54. The van der Waals surface area contributed by atoms with Crippen LogP contribution in [0.2, 0.25) is 0 Å². The molecule has 0 bridgehead atoms. The van der Waals surface area contributed by atoms with E-state index in [1.807, 2.05) is 17.2 Å². The van der Waals surface area contributed by atoms with Crippen LogP contribution in [0.1, 0.15) is 17.7 Å². The first kappa shape index (κ1) is 20.8. The first-order valence-electron chi connectivity index (χ1n) is 10.5. The highest BCUT2D eigenvalue weighted by Gasteiger charge is 2.21. The summed E-state index contributed by atoms with van der Waals surface area (Å²) in [5.41, 5.74) is 2.25. The zero-order valence-electron chi connectivity index (χ0n) is 17.4. The molecule has 4 rings (SSSR count). The molecule has 1 aliphatic heterocycles.